The van der Waals surface area contributed by atoms with Gasteiger partial charge in [-0.05, 0) is 19.4 Å². The fourth-order valence-corrected chi connectivity index (χ4v) is 2.41. The van der Waals surface area contributed by atoms with Crippen LogP contribution in [0.25, 0.3) is 0 Å². The van der Waals surface area contributed by atoms with Gasteiger partial charge in [0.05, 0.1) is 5.69 Å². The molecule has 7 heteroatoms. The van der Waals surface area contributed by atoms with Gasteiger partial charge in [0.25, 0.3) is 5.91 Å². The maximum absolute atomic E-state index is 12.6. The number of carbonyl (C=O) groups is 3. The Hall–Kier alpha value is -2.31. The van der Waals surface area contributed by atoms with Gasteiger partial charge in [-0.25, -0.2) is 0 Å². The summed E-state index contributed by atoms with van der Waals surface area (Å²) in [6, 6.07) is 0.942. The van der Waals surface area contributed by atoms with Crippen LogP contribution in [0.1, 0.15) is 30.8 Å². The van der Waals surface area contributed by atoms with Crippen molar-refractivity contribution in [2.75, 3.05) is 12.3 Å². The van der Waals surface area contributed by atoms with Crippen LogP contribution in [0.5, 0.6) is 0 Å². The van der Waals surface area contributed by atoms with E-state index in [1.807, 2.05) is 6.92 Å². The summed E-state index contributed by atoms with van der Waals surface area (Å²) >= 11 is 0. The highest BCUT2D eigenvalue weighted by Gasteiger charge is 2.36. The van der Waals surface area contributed by atoms with Crippen molar-refractivity contribution in [1.82, 2.24) is 14.8 Å². The number of nitrogens with zero attached hydrogens (tertiary/aromatic N) is 2. The van der Waals surface area contributed by atoms with E-state index in [1.54, 1.807) is 23.8 Å². The molecule has 1 aromatic rings. The first kappa shape index (κ1) is 14.1. The molecule has 0 aromatic carbocycles. The second-order valence-corrected chi connectivity index (χ2v) is 4.71. The van der Waals surface area contributed by atoms with Crippen molar-refractivity contribution in [3.8, 4) is 0 Å². The van der Waals surface area contributed by atoms with Gasteiger partial charge in [-0.2, -0.15) is 0 Å². The summed E-state index contributed by atoms with van der Waals surface area (Å²) < 4.78 is 1.71. The Kier molecular flexibility index (Phi) is 3.78. The molecule has 108 valence electrons. The number of piperazine rings is 1. The molecule has 2 heterocycles. The highest BCUT2D eigenvalue weighted by Crippen LogP contribution is 2.17. The van der Waals surface area contributed by atoms with Crippen molar-refractivity contribution < 1.29 is 14.4 Å². The Labute approximate surface area is 116 Å². The average molecular weight is 278 g/mol. The van der Waals surface area contributed by atoms with Crippen LogP contribution in [-0.2, 0) is 16.1 Å². The van der Waals surface area contributed by atoms with Gasteiger partial charge in [0.15, 0.2) is 0 Å². The number of amides is 3. The number of hydrogen-bond acceptors (Lipinski definition) is 4. The summed E-state index contributed by atoms with van der Waals surface area (Å²) in [5.41, 5.74) is 6.58. The average Bonchev–Trinajstić information content (AvgIpc) is 2.78. The summed E-state index contributed by atoms with van der Waals surface area (Å²) in [5, 5.41) is 2.25. The van der Waals surface area contributed by atoms with E-state index in [9.17, 15) is 14.4 Å². The number of anilines is 1. The Morgan fingerprint density at radius 2 is 2.15 bits per heavy atom. The third-order valence-corrected chi connectivity index (χ3v) is 3.38. The minimum atomic E-state index is -0.623. The van der Waals surface area contributed by atoms with E-state index < -0.39 is 17.9 Å². The lowest BCUT2D eigenvalue weighted by Crippen LogP contribution is -2.59. The lowest BCUT2D eigenvalue weighted by Gasteiger charge is -2.33. The van der Waals surface area contributed by atoms with E-state index in [4.69, 9.17) is 5.73 Å². The summed E-state index contributed by atoms with van der Waals surface area (Å²) in [6.45, 7) is 4.16. The van der Waals surface area contributed by atoms with Crippen molar-refractivity contribution in [1.29, 1.82) is 0 Å². The number of nitrogens with one attached hydrogen (secondary N) is 1. The molecule has 1 aromatic heterocycles. The largest absolute Gasteiger partial charge is 0.397 e. The predicted octanol–water partition coefficient (Wildman–Crippen LogP) is -0.0326. The lowest BCUT2D eigenvalue weighted by molar-refractivity contribution is -0.138. The molecule has 3 N–H and O–H groups in total. The van der Waals surface area contributed by atoms with Crippen LogP contribution < -0.4 is 11.1 Å². The second kappa shape index (κ2) is 5.36. The number of nitrogen functional groups attached to an aromatic ring is 1. The molecule has 1 unspecified atom stereocenters. The first-order chi connectivity index (χ1) is 9.47. The number of imide groups is 1. The lowest BCUT2D eigenvalue weighted by atomic mass is 10.1. The highest BCUT2D eigenvalue weighted by atomic mass is 16.2. The van der Waals surface area contributed by atoms with Crippen molar-refractivity contribution in [3.05, 3.63) is 18.0 Å². The minimum absolute atomic E-state index is 0.113. The SMILES string of the molecule is CCC1C(=O)NC(=O)CN1C(=O)c1cc(N)cn1CC. The molecule has 3 amide bonds. The molecular formula is C13H18N4O3. The van der Waals surface area contributed by atoms with Gasteiger partial charge in [-0.1, -0.05) is 6.92 Å². The Morgan fingerprint density at radius 3 is 2.75 bits per heavy atom. The van der Waals surface area contributed by atoms with E-state index in [0.717, 1.165) is 0 Å². The van der Waals surface area contributed by atoms with Crippen LogP contribution in [0.2, 0.25) is 0 Å². The van der Waals surface area contributed by atoms with Gasteiger partial charge in [-0.3, -0.25) is 19.7 Å². The third kappa shape index (κ3) is 2.38. The van der Waals surface area contributed by atoms with Crippen LogP contribution in [0.4, 0.5) is 5.69 Å². The molecule has 0 saturated carbocycles. The molecule has 0 bridgehead atoms. The molecule has 0 aliphatic carbocycles. The van der Waals surface area contributed by atoms with Crippen molar-refractivity contribution in [2.45, 2.75) is 32.9 Å². The Bertz CT molecular complexity index is 564. The quantitative estimate of drug-likeness (QED) is 0.758. The molecule has 1 atom stereocenters. The monoisotopic (exact) mass is 278 g/mol. The van der Waals surface area contributed by atoms with Crippen molar-refractivity contribution in [2.24, 2.45) is 0 Å². The normalized spacial score (nSPS) is 19.1. The van der Waals surface area contributed by atoms with E-state index in [0.29, 0.717) is 24.3 Å². The zero-order valence-electron chi connectivity index (χ0n) is 11.5. The van der Waals surface area contributed by atoms with Crippen LogP contribution in [0.3, 0.4) is 0 Å². The van der Waals surface area contributed by atoms with Crippen molar-refractivity contribution in [3.63, 3.8) is 0 Å². The first-order valence-corrected chi connectivity index (χ1v) is 6.58. The minimum Gasteiger partial charge on any atom is -0.397 e. The summed E-state index contributed by atoms with van der Waals surface area (Å²) in [7, 11) is 0. The van der Waals surface area contributed by atoms with Gasteiger partial charge in [0, 0.05) is 12.7 Å². The number of carbonyl (C=O) groups excluding carboxylic acids is 3. The molecule has 1 saturated heterocycles. The smallest absolute Gasteiger partial charge is 0.271 e. The maximum atomic E-state index is 12.6. The Morgan fingerprint density at radius 1 is 1.45 bits per heavy atom. The molecule has 0 spiro atoms. The topological polar surface area (TPSA) is 97.4 Å². The zero-order valence-corrected chi connectivity index (χ0v) is 11.5. The van der Waals surface area contributed by atoms with Crippen LogP contribution in [0.15, 0.2) is 12.3 Å². The number of nitrogens with two attached hydrogens (primary N) is 1. The van der Waals surface area contributed by atoms with E-state index >= 15 is 0 Å². The predicted molar refractivity (Wildman–Crippen MR) is 72.8 cm³/mol. The summed E-state index contributed by atoms with van der Waals surface area (Å²) in [6.07, 6.45) is 2.12. The van der Waals surface area contributed by atoms with Gasteiger partial charge >= 0.3 is 0 Å². The van der Waals surface area contributed by atoms with E-state index in [2.05, 4.69) is 5.32 Å². The molecule has 2 rings (SSSR count). The second-order valence-electron chi connectivity index (χ2n) is 4.71. The molecule has 1 aliphatic rings. The number of hydrogen-bond donors (Lipinski definition) is 2. The molecule has 7 nitrogen and oxygen atoms in total. The summed E-state index contributed by atoms with van der Waals surface area (Å²) in [4.78, 5) is 37.1. The van der Waals surface area contributed by atoms with E-state index in [1.165, 1.54) is 4.90 Å². The standard InChI is InChI=1S/C13H18N4O3/c1-3-9-12(19)15-11(18)7-17(9)13(20)10-5-8(14)6-16(10)4-2/h5-6,9H,3-4,7,14H2,1-2H3,(H,15,18,19). The Balaban J connectivity index is 2.34. The van der Waals surface area contributed by atoms with Crippen molar-refractivity contribution >= 4 is 23.4 Å². The zero-order chi connectivity index (χ0) is 14.9. The van der Waals surface area contributed by atoms with Gasteiger partial charge in [0.1, 0.15) is 18.3 Å². The molecule has 0 radical (unpaired) electrons. The fraction of sp³-hybridized carbons (Fsp3) is 0.462. The molecule has 20 heavy (non-hydrogen) atoms. The molecular weight excluding hydrogens is 260 g/mol. The highest BCUT2D eigenvalue weighted by molar-refractivity contribution is 6.07. The third-order valence-electron chi connectivity index (χ3n) is 3.38. The fourth-order valence-electron chi connectivity index (χ4n) is 2.41. The van der Waals surface area contributed by atoms with Crippen LogP contribution in [-0.4, -0.2) is 39.8 Å². The van der Waals surface area contributed by atoms with Crippen LogP contribution in [0, 0.1) is 0 Å². The number of aromatic nitrogens is 1. The molecule has 1 aliphatic heterocycles. The number of aryl methyl sites for hydroxylation is 1. The summed E-state index contributed by atoms with van der Waals surface area (Å²) in [5.74, 6) is -1.24. The maximum Gasteiger partial charge on any atom is 0.271 e. The van der Waals surface area contributed by atoms with Gasteiger partial charge < -0.3 is 15.2 Å². The van der Waals surface area contributed by atoms with Crippen LogP contribution >= 0.6 is 0 Å². The number of rotatable bonds is 3. The first-order valence-electron chi connectivity index (χ1n) is 6.58. The van der Waals surface area contributed by atoms with E-state index in [-0.39, 0.29) is 12.5 Å². The van der Waals surface area contributed by atoms with Gasteiger partial charge in [-0.15, -0.1) is 0 Å². The molecule has 1 fully saturated rings. The van der Waals surface area contributed by atoms with Gasteiger partial charge in [0.2, 0.25) is 11.8 Å².